The molecule has 1 heterocycles. The molecule has 7 N–H and O–H groups in total. The topological polar surface area (TPSA) is 179 Å². The number of H-pyrrole nitrogens is 1. The number of nitrogens with two attached hydrogens (primary N) is 1. The predicted molar refractivity (Wildman–Crippen MR) is 131 cm³/mol. The first-order chi connectivity index (χ1) is 16.0. The Labute approximate surface area is 204 Å². The molecule has 34 heavy (non-hydrogen) atoms. The number of nitrogens with one attached hydrogen (secondary N) is 4. The number of carbonyl (C=O) groups is 4. The number of carboxylic acids is 1. The van der Waals surface area contributed by atoms with Crippen LogP contribution in [0.3, 0.4) is 0 Å². The molecule has 1 aromatic rings. The Morgan fingerprint density at radius 2 is 1.74 bits per heavy atom. The number of carbonyl (C=O) groups excluding carboxylic acids is 3. The molecule has 0 aliphatic rings. The third-order valence-corrected chi connectivity index (χ3v) is 6.30. The average Bonchev–Trinajstić information content (AvgIpc) is 3.31. The number of amides is 3. The number of nitrogens with zero attached hydrogens (tertiary/aromatic N) is 1. The second-order valence-corrected chi connectivity index (χ2v) is 9.65. The standard InChI is InChI=1S/C22H38N6O5S/c1-6-13(4)18(21(31)26-15(22(32)33)7-8-34-5)28-19(29)16(9-14-10-24-11-25-14)27-20(30)17(23)12(2)3/h10-13,15-18H,6-9,23H2,1-5H3,(H,24,25)(H,26,31)(H,27,30)(H,28,29)(H,32,33). The Hall–Kier alpha value is -2.60. The third-order valence-electron chi connectivity index (χ3n) is 5.65. The Kier molecular flexibility index (Phi) is 12.7. The highest BCUT2D eigenvalue weighted by Crippen LogP contribution is 2.11. The van der Waals surface area contributed by atoms with Gasteiger partial charge in [-0.15, -0.1) is 0 Å². The first-order valence-electron chi connectivity index (χ1n) is 11.4. The minimum absolute atomic E-state index is 0.114. The van der Waals surface area contributed by atoms with Gasteiger partial charge in [0, 0.05) is 18.3 Å². The molecular weight excluding hydrogens is 460 g/mol. The molecule has 0 saturated carbocycles. The van der Waals surface area contributed by atoms with Crippen LogP contribution in [0.25, 0.3) is 0 Å². The van der Waals surface area contributed by atoms with Crippen molar-refractivity contribution < 1.29 is 24.3 Å². The summed E-state index contributed by atoms with van der Waals surface area (Å²) in [7, 11) is 0. The summed E-state index contributed by atoms with van der Waals surface area (Å²) in [4.78, 5) is 57.2. The fourth-order valence-electron chi connectivity index (χ4n) is 3.11. The van der Waals surface area contributed by atoms with Crippen molar-refractivity contribution in [2.45, 2.75) is 71.1 Å². The second-order valence-electron chi connectivity index (χ2n) is 8.66. The molecular formula is C22H38N6O5S. The summed E-state index contributed by atoms with van der Waals surface area (Å²) in [6.45, 7) is 7.26. The van der Waals surface area contributed by atoms with Crippen LogP contribution in [0.2, 0.25) is 0 Å². The highest BCUT2D eigenvalue weighted by molar-refractivity contribution is 7.98. The molecule has 5 atom stereocenters. The van der Waals surface area contributed by atoms with Crippen molar-refractivity contribution in [1.82, 2.24) is 25.9 Å². The van der Waals surface area contributed by atoms with Crippen LogP contribution in [0.5, 0.6) is 0 Å². The highest BCUT2D eigenvalue weighted by atomic mass is 32.2. The van der Waals surface area contributed by atoms with E-state index in [0.717, 1.165) is 0 Å². The molecule has 0 aliphatic carbocycles. The zero-order valence-corrected chi connectivity index (χ0v) is 21.3. The molecule has 192 valence electrons. The Morgan fingerprint density at radius 1 is 1.09 bits per heavy atom. The molecule has 5 unspecified atom stereocenters. The molecule has 0 radical (unpaired) electrons. The van der Waals surface area contributed by atoms with Crippen molar-refractivity contribution >= 4 is 35.5 Å². The summed E-state index contributed by atoms with van der Waals surface area (Å²) < 4.78 is 0. The van der Waals surface area contributed by atoms with Crippen LogP contribution in [0.15, 0.2) is 12.5 Å². The zero-order chi connectivity index (χ0) is 25.8. The molecule has 0 bridgehead atoms. The summed E-state index contributed by atoms with van der Waals surface area (Å²) in [6, 6.07) is -3.86. The van der Waals surface area contributed by atoms with Crippen molar-refractivity contribution in [3.63, 3.8) is 0 Å². The Morgan fingerprint density at radius 3 is 2.24 bits per heavy atom. The fraction of sp³-hybridized carbons (Fsp3) is 0.682. The van der Waals surface area contributed by atoms with Gasteiger partial charge in [-0.1, -0.05) is 34.1 Å². The number of aromatic nitrogens is 2. The van der Waals surface area contributed by atoms with Gasteiger partial charge >= 0.3 is 5.97 Å². The van der Waals surface area contributed by atoms with E-state index in [1.807, 2.05) is 13.2 Å². The molecule has 0 spiro atoms. The van der Waals surface area contributed by atoms with E-state index in [1.54, 1.807) is 20.8 Å². The molecule has 12 heteroatoms. The molecule has 0 aromatic carbocycles. The quantitative estimate of drug-likeness (QED) is 0.199. The summed E-state index contributed by atoms with van der Waals surface area (Å²) in [5.74, 6) is -2.63. The van der Waals surface area contributed by atoms with Crippen LogP contribution >= 0.6 is 11.8 Å². The second kappa shape index (κ2) is 14.6. The maximum atomic E-state index is 13.2. The molecule has 0 fully saturated rings. The number of aromatic amines is 1. The normalized spacial score (nSPS) is 15.6. The fourth-order valence-corrected chi connectivity index (χ4v) is 3.58. The van der Waals surface area contributed by atoms with E-state index in [0.29, 0.717) is 17.9 Å². The predicted octanol–water partition coefficient (Wildman–Crippen LogP) is 0.274. The number of rotatable bonds is 15. The molecule has 0 saturated heterocycles. The SMILES string of the molecule is CCC(C)C(NC(=O)C(Cc1cnc[nH]1)NC(=O)C(N)C(C)C)C(=O)NC(CCSC)C(=O)O. The van der Waals surface area contributed by atoms with E-state index in [-0.39, 0.29) is 24.7 Å². The monoisotopic (exact) mass is 498 g/mol. The minimum atomic E-state index is -1.14. The number of carboxylic acid groups (broad SMARTS) is 1. The Balaban J connectivity index is 3.06. The number of thioether (sulfide) groups is 1. The van der Waals surface area contributed by atoms with E-state index in [9.17, 15) is 24.3 Å². The minimum Gasteiger partial charge on any atom is -0.480 e. The first kappa shape index (κ1) is 29.4. The van der Waals surface area contributed by atoms with Crippen molar-refractivity contribution in [1.29, 1.82) is 0 Å². The maximum Gasteiger partial charge on any atom is 0.326 e. The largest absolute Gasteiger partial charge is 0.480 e. The molecule has 1 rings (SSSR count). The first-order valence-corrected chi connectivity index (χ1v) is 12.8. The summed E-state index contributed by atoms with van der Waals surface area (Å²) in [5, 5.41) is 17.4. The summed E-state index contributed by atoms with van der Waals surface area (Å²) in [6.07, 6.45) is 5.79. The lowest BCUT2D eigenvalue weighted by atomic mass is 9.97. The van der Waals surface area contributed by atoms with E-state index in [1.165, 1.54) is 24.3 Å². The van der Waals surface area contributed by atoms with Gasteiger partial charge in [-0.2, -0.15) is 11.8 Å². The lowest BCUT2D eigenvalue weighted by molar-refractivity contribution is -0.142. The van der Waals surface area contributed by atoms with E-state index in [2.05, 4.69) is 25.9 Å². The van der Waals surface area contributed by atoms with Gasteiger partial charge in [0.1, 0.15) is 18.1 Å². The van der Waals surface area contributed by atoms with Crippen molar-refractivity contribution in [3.05, 3.63) is 18.2 Å². The van der Waals surface area contributed by atoms with E-state index in [4.69, 9.17) is 5.73 Å². The third kappa shape index (κ3) is 9.34. The number of imidazole rings is 1. The van der Waals surface area contributed by atoms with Gasteiger partial charge in [-0.05, 0) is 30.3 Å². The summed E-state index contributed by atoms with van der Waals surface area (Å²) >= 11 is 1.48. The van der Waals surface area contributed by atoms with Gasteiger partial charge in [0.25, 0.3) is 0 Å². The van der Waals surface area contributed by atoms with Crippen LogP contribution in [0, 0.1) is 11.8 Å². The van der Waals surface area contributed by atoms with Crippen molar-refractivity contribution in [2.75, 3.05) is 12.0 Å². The van der Waals surface area contributed by atoms with Gasteiger partial charge in [-0.25, -0.2) is 9.78 Å². The van der Waals surface area contributed by atoms with Gasteiger partial charge in [0.05, 0.1) is 12.4 Å². The van der Waals surface area contributed by atoms with Crippen LogP contribution in [-0.2, 0) is 25.6 Å². The van der Waals surface area contributed by atoms with Gasteiger partial charge in [0.15, 0.2) is 0 Å². The maximum absolute atomic E-state index is 13.2. The van der Waals surface area contributed by atoms with Gasteiger partial charge in [-0.3, -0.25) is 14.4 Å². The smallest absolute Gasteiger partial charge is 0.326 e. The summed E-state index contributed by atoms with van der Waals surface area (Å²) in [5.41, 5.74) is 6.56. The number of aliphatic carboxylic acids is 1. The average molecular weight is 499 g/mol. The number of hydrogen-bond acceptors (Lipinski definition) is 7. The Bertz CT molecular complexity index is 804. The van der Waals surface area contributed by atoms with Crippen LogP contribution in [0.1, 0.15) is 46.2 Å². The lowest BCUT2D eigenvalue weighted by Gasteiger charge is -2.28. The molecule has 11 nitrogen and oxygen atoms in total. The highest BCUT2D eigenvalue weighted by Gasteiger charge is 2.33. The van der Waals surface area contributed by atoms with Gasteiger partial charge in [0.2, 0.25) is 17.7 Å². The molecule has 1 aromatic heterocycles. The van der Waals surface area contributed by atoms with Crippen LogP contribution in [-0.4, -0.2) is 74.9 Å². The van der Waals surface area contributed by atoms with E-state index < -0.39 is 47.9 Å². The van der Waals surface area contributed by atoms with Crippen molar-refractivity contribution in [3.8, 4) is 0 Å². The van der Waals surface area contributed by atoms with Crippen molar-refractivity contribution in [2.24, 2.45) is 17.6 Å². The number of hydrogen-bond donors (Lipinski definition) is 6. The lowest BCUT2D eigenvalue weighted by Crippen LogP contribution is -2.59. The molecule has 0 aliphatic heterocycles. The van der Waals surface area contributed by atoms with Gasteiger partial charge < -0.3 is 31.8 Å². The van der Waals surface area contributed by atoms with Crippen LogP contribution in [0.4, 0.5) is 0 Å². The zero-order valence-electron chi connectivity index (χ0n) is 20.5. The van der Waals surface area contributed by atoms with Crippen LogP contribution < -0.4 is 21.7 Å². The van der Waals surface area contributed by atoms with E-state index >= 15 is 0 Å². The molecule has 3 amide bonds.